The van der Waals surface area contributed by atoms with Gasteiger partial charge in [0.1, 0.15) is 0 Å². The Morgan fingerprint density at radius 2 is 1.75 bits per heavy atom. The van der Waals surface area contributed by atoms with Gasteiger partial charge in [0.2, 0.25) is 0 Å². The van der Waals surface area contributed by atoms with Gasteiger partial charge in [0, 0.05) is 42.0 Å². The van der Waals surface area contributed by atoms with E-state index in [-0.39, 0.29) is 31.6 Å². The summed E-state index contributed by atoms with van der Waals surface area (Å²) in [6.07, 6.45) is 3.06. The molecule has 1 radical (unpaired) electrons. The number of aliphatic hydroxyl groups excluding tert-OH is 1. The van der Waals surface area contributed by atoms with Gasteiger partial charge >= 0.3 is 0 Å². The van der Waals surface area contributed by atoms with Gasteiger partial charge in [-0.1, -0.05) is 47.2 Å². The van der Waals surface area contributed by atoms with Gasteiger partial charge in [-0.2, -0.15) is 0 Å². The van der Waals surface area contributed by atoms with Gasteiger partial charge < -0.3 is 10.1 Å². The summed E-state index contributed by atoms with van der Waals surface area (Å²) in [7, 11) is 0. The maximum atomic E-state index is 10.0. The van der Waals surface area contributed by atoms with Gasteiger partial charge in [-0.3, -0.25) is 4.79 Å². The number of hydrogen-bond acceptors (Lipinski definition) is 4. The van der Waals surface area contributed by atoms with E-state index in [0.29, 0.717) is 0 Å². The Bertz CT molecular complexity index is 1450. The van der Waals surface area contributed by atoms with E-state index in [1.807, 2.05) is 17.5 Å². The molecule has 0 amide bonds. The van der Waals surface area contributed by atoms with Crippen LogP contribution in [0.15, 0.2) is 78.7 Å². The van der Waals surface area contributed by atoms with Gasteiger partial charge in [-0.05, 0) is 49.4 Å². The van der Waals surface area contributed by atoms with Crippen molar-refractivity contribution >= 4 is 48.8 Å². The third kappa shape index (κ3) is 5.13. The summed E-state index contributed by atoms with van der Waals surface area (Å²) in [5, 5.41) is 14.6. The van der Waals surface area contributed by atoms with Crippen molar-refractivity contribution in [2.45, 2.75) is 20.8 Å². The predicted octanol–water partition coefficient (Wildman–Crippen LogP) is 7.41. The molecule has 32 heavy (non-hydrogen) atoms. The molecule has 2 heterocycles. The van der Waals surface area contributed by atoms with Gasteiger partial charge in [0.05, 0.1) is 5.76 Å². The molecule has 0 aliphatic rings. The van der Waals surface area contributed by atoms with Crippen LogP contribution in [-0.4, -0.2) is 15.9 Å². The normalized spacial score (nSPS) is 11.2. The van der Waals surface area contributed by atoms with Crippen LogP contribution in [0.4, 0.5) is 0 Å². The second-order valence-corrected chi connectivity index (χ2v) is 8.75. The van der Waals surface area contributed by atoms with Gasteiger partial charge in [-0.25, -0.2) is 0 Å². The average molecular weight is 617 g/mol. The number of aromatic nitrogens is 1. The van der Waals surface area contributed by atoms with Crippen LogP contribution < -0.4 is 0 Å². The molecule has 0 bridgehead atoms. The second kappa shape index (κ2) is 10.2. The molecule has 5 heteroatoms. The molecule has 0 saturated carbocycles. The molecule has 0 aliphatic carbocycles. The fourth-order valence-corrected chi connectivity index (χ4v) is 4.60. The molecule has 5 aromatic rings. The van der Waals surface area contributed by atoms with E-state index < -0.39 is 0 Å². The van der Waals surface area contributed by atoms with E-state index in [2.05, 4.69) is 78.6 Å². The van der Waals surface area contributed by atoms with Gasteiger partial charge in [0.15, 0.2) is 5.78 Å². The van der Waals surface area contributed by atoms with Crippen LogP contribution >= 0.6 is 11.3 Å². The fraction of sp³-hybridized carbons (Fsp3) is 0.111. The minimum absolute atomic E-state index is 0. The third-order valence-corrected chi connectivity index (χ3v) is 5.93. The first kappa shape index (κ1) is 23.8. The van der Waals surface area contributed by atoms with E-state index in [4.69, 9.17) is 5.11 Å². The number of benzene rings is 3. The van der Waals surface area contributed by atoms with Crippen LogP contribution in [-0.2, 0) is 24.9 Å². The summed E-state index contributed by atoms with van der Waals surface area (Å²) >= 11 is 1.81. The van der Waals surface area contributed by atoms with Crippen molar-refractivity contribution in [3.8, 4) is 11.3 Å². The molecule has 5 rings (SSSR count). The summed E-state index contributed by atoms with van der Waals surface area (Å²) < 4.78 is 1.28. The summed E-state index contributed by atoms with van der Waals surface area (Å²) in [6.45, 7) is 4.99. The number of aliphatic hydroxyl groups is 1. The van der Waals surface area contributed by atoms with Gasteiger partial charge in [0.25, 0.3) is 0 Å². The standard InChI is InChI=1S/C22H14NS.C5H8O2.Ir/c1-14-12-20-21(24-14)10-11-23-22(20)17-8-9-19-16(13-17)7-6-15-4-2-3-5-18(15)19;1-4(6)3-5(2)7;/h2-7,9-13H,1H3;3,6H,1-2H3;/q-1;;/b;4-3-;. The minimum atomic E-state index is -0.125. The van der Waals surface area contributed by atoms with Gasteiger partial charge in [-0.15, -0.1) is 40.5 Å². The molecule has 0 unspecified atom stereocenters. The molecule has 3 nitrogen and oxygen atoms in total. The quantitative estimate of drug-likeness (QED) is 0.0973. The number of thiophene rings is 1. The zero-order valence-corrected chi connectivity index (χ0v) is 21.2. The first-order valence-electron chi connectivity index (χ1n) is 9.99. The number of carbonyl (C=O) groups is 1. The van der Waals surface area contributed by atoms with E-state index in [1.165, 1.54) is 56.4 Å². The van der Waals surface area contributed by atoms with E-state index >= 15 is 0 Å². The van der Waals surface area contributed by atoms with Crippen molar-refractivity contribution in [1.29, 1.82) is 0 Å². The Labute approximate surface area is 204 Å². The van der Waals surface area contributed by atoms with Crippen molar-refractivity contribution in [3.63, 3.8) is 0 Å². The number of ketones is 1. The smallest absolute Gasteiger partial charge is 0.155 e. The van der Waals surface area contributed by atoms with Crippen molar-refractivity contribution in [1.82, 2.24) is 4.98 Å². The Morgan fingerprint density at radius 3 is 2.47 bits per heavy atom. The molecule has 1 N–H and O–H groups in total. The molecular weight excluding hydrogens is 595 g/mol. The Morgan fingerprint density at radius 1 is 1.00 bits per heavy atom. The summed E-state index contributed by atoms with van der Waals surface area (Å²) in [5.74, 6) is -0.0625. The largest absolute Gasteiger partial charge is 0.512 e. The fourth-order valence-electron chi connectivity index (χ4n) is 3.68. The first-order chi connectivity index (χ1) is 14.9. The van der Waals surface area contributed by atoms with Crippen LogP contribution in [0.25, 0.3) is 42.9 Å². The predicted molar refractivity (Wildman–Crippen MR) is 131 cm³/mol. The molecule has 163 valence electrons. The monoisotopic (exact) mass is 617 g/mol. The van der Waals surface area contributed by atoms with Crippen molar-refractivity contribution in [2.24, 2.45) is 0 Å². The summed E-state index contributed by atoms with van der Waals surface area (Å²) in [4.78, 5) is 16.0. The summed E-state index contributed by atoms with van der Waals surface area (Å²) in [6, 6.07) is 25.0. The molecule has 2 aromatic heterocycles. The number of aryl methyl sites for hydroxylation is 1. The molecule has 0 spiro atoms. The summed E-state index contributed by atoms with van der Waals surface area (Å²) in [5.41, 5.74) is 2.08. The molecule has 0 aliphatic heterocycles. The second-order valence-electron chi connectivity index (χ2n) is 7.46. The van der Waals surface area contributed by atoms with Crippen molar-refractivity contribution in [3.05, 3.63) is 89.6 Å². The molecule has 0 fully saturated rings. The Balaban J connectivity index is 0.000000318. The zero-order chi connectivity index (χ0) is 22.0. The van der Waals surface area contributed by atoms with Crippen LogP contribution in [0.3, 0.4) is 0 Å². The number of nitrogens with zero attached hydrogens (tertiary/aromatic N) is 1. The topological polar surface area (TPSA) is 50.2 Å². The van der Waals surface area contributed by atoms with E-state index in [9.17, 15) is 4.79 Å². The van der Waals surface area contributed by atoms with Crippen LogP contribution in [0.5, 0.6) is 0 Å². The van der Waals surface area contributed by atoms with E-state index in [0.717, 1.165) is 11.3 Å². The zero-order valence-electron chi connectivity index (χ0n) is 18.0. The SMILES string of the molecule is CC(=O)/C=C(/C)O.Cc1cc2c(-c3[c-]cc4c(ccc5ccccc54)c3)nccc2s1.[Ir]. The number of rotatable bonds is 2. The van der Waals surface area contributed by atoms with Crippen LogP contribution in [0, 0.1) is 13.0 Å². The number of carbonyl (C=O) groups excluding carboxylic acids is 1. The average Bonchev–Trinajstić information content (AvgIpc) is 3.13. The molecule has 3 aromatic carbocycles. The minimum Gasteiger partial charge on any atom is -0.512 e. The molecule has 0 saturated heterocycles. The van der Waals surface area contributed by atoms with Crippen molar-refractivity contribution < 1.29 is 30.0 Å². The Kier molecular flexibility index (Phi) is 7.57. The van der Waals surface area contributed by atoms with Crippen molar-refractivity contribution in [2.75, 3.05) is 0 Å². The third-order valence-electron chi connectivity index (χ3n) is 4.91. The number of fused-ring (bicyclic) bond motifs is 4. The molecular formula is C27H22IrNO2S-. The maximum absolute atomic E-state index is 10.0. The Hall–Kier alpha value is -2.85. The maximum Gasteiger partial charge on any atom is 0.155 e. The van der Waals surface area contributed by atoms with Crippen LogP contribution in [0.2, 0.25) is 0 Å². The van der Waals surface area contributed by atoms with E-state index in [1.54, 1.807) is 0 Å². The van der Waals surface area contributed by atoms with Crippen LogP contribution in [0.1, 0.15) is 18.7 Å². The number of allylic oxidation sites excluding steroid dienone is 2. The number of pyridine rings is 1. The molecule has 0 atom stereocenters. The first-order valence-corrected chi connectivity index (χ1v) is 10.8. The number of hydrogen-bond donors (Lipinski definition) is 1.